The molecule has 1 heterocycles. The lowest BCUT2D eigenvalue weighted by Crippen LogP contribution is -2.43. The standard InChI is InChI=1S/C13H16ClNO3/c14-5-7-17-11-3-1-10(2-4-11)13(16)12-9-15-6-8-18-12/h1-4,12,15H,5-9H2. The van der Waals surface area contributed by atoms with E-state index in [1.807, 2.05) is 0 Å². The Labute approximate surface area is 111 Å². The van der Waals surface area contributed by atoms with E-state index in [9.17, 15) is 4.79 Å². The monoisotopic (exact) mass is 269 g/mol. The smallest absolute Gasteiger partial charge is 0.192 e. The number of ether oxygens (including phenoxy) is 2. The molecule has 1 fully saturated rings. The Bertz CT molecular complexity index is 388. The quantitative estimate of drug-likeness (QED) is 0.650. The lowest BCUT2D eigenvalue weighted by Gasteiger charge is -2.22. The van der Waals surface area contributed by atoms with Crippen molar-refractivity contribution >= 4 is 17.4 Å². The number of halogens is 1. The maximum atomic E-state index is 12.1. The molecule has 1 unspecified atom stereocenters. The Morgan fingerprint density at radius 3 is 2.83 bits per heavy atom. The Hall–Kier alpha value is -1.10. The summed E-state index contributed by atoms with van der Waals surface area (Å²) in [5, 5.41) is 3.14. The summed E-state index contributed by atoms with van der Waals surface area (Å²) < 4.78 is 10.8. The van der Waals surface area contributed by atoms with Crippen LogP contribution in [0.5, 0.6) is 5.75 Å². The fraction of sp³-hybridized carbons (Fsp3) is 0.462. The summed E-state index contributed by atoms with van der Waals surface area (Å²) >= 11 is 5.53. The lowest BCUT2D eigenvalue weighted by atomic mass is 10.1. The first kappa shape index (κ1) is 13.3. The third kappa shape index (κ3) is 3.45. The lowest BCUT2D eigenvalue weighted by molar-refractivity contribution is 0.0269. The fourth-order valence-corrected chi connectivity index (χ4v) is 1.87. The van der Waals surface area contributed by atoms with Crippen LogP contribution in [0.2, 0.25) is 0 Å². The Kier molecular flexibility index (Phi) is 4.99. The van der Waals surface area contributed by atoms with Crippen LogP contribution in [0.15, 0.2) is 24.3 Å². The van der Waals surface area contributed by atoms with Crippen molar-refractivity contribution in [3.63, 3.8) is 0 Å². The second-order valence-corrected chi connectivity index (χ2v) is 4.37. The van der Waals surface area contributed by atoms with Crippen LogP contribution in [-0.4, -0.2) is 44.1 Å². The Morgan fingerprint density at radius 2 is 2.22 bits per heavy atom. The zero-order valence-corrected chi connectivity index (χ0v) is 10.8. The molecule has 1 N–H and O–H groups in total. The molecular formula is C13H16ClNO3. The highest BCUT2D eigenvalue weighted by Crippen LogP contribution is 2.15. The maximum Gasteiger partial charge on any atom is 0.192 e. The van der Waals surface area contributed by atoms with Gasteiger partial charge in [0.15, 0.2) is 5.78 Å². The Morgan fingerprint density at radius 1 is 1.44 bits per heavy atom. The molecule has 0 radical (unpaired) electrons. The molecule has 1 aliphatic heterocycles. The zero-order chi connectivity index (χ0) is 12.8. The normalized spacial score (nSPS) is 19.5. The second-order valence-electron chi connectivity index (χ2n) is 3.99. The first-order valence-corrected chi connectivity index (χ1v) is 6.50. The summed E-state index contributed by atoms with van der Waals surface area (Å²) in [5.41, 5.74) is 0.641. The van der Waals surface area contributed by atoms with Crippen LogP contribution in [0.4, 0.5) is 0 Å². The van der Waals surface area contributed by atoms with Crippen molar-refractivity contribution in [3.05, 3.63) is 29.8 Å². The topological polar surface area (TPSA) is 47.6 Å². The van der Waals surface area contributed by atoms with E-state index in [1.165, 1.54) is 0 Å². The predicted octanol–water partition coefficient (Wildman–Crippen LogP) is 1.48. The average molecular weight is 270 g/mol. The van der Waals surface area contributed by atoms with Gasteiger partial charge in [0.05, 0.1) is 12.5 Å². The van der Waals surface area contributed by atoms with Gasteiger partial charge in [-0.05, 0) is 24.3 Å². The van der Waals surface area contributed by atoms with Crippen molar-refractivity contribution in [1.29, 1.82) is 0 Å². The third-order valence-electron chi connectivity index (χ3n) is 2.70. The first-order chi connectivity index (χ1) is 8.81. The van der Waals surface area contributed by atoms with E-state index in [-0.39, 0.29) is 11.9 Å². The number of carbonyl (C=O) groups is 1. The highest BCUT2D eigenvalue weighted by molar-refractivity contribution is 6.18. The average Bonchev–Trinajstić information content (AvgIpc) is 2.46. The third-order valence-corrected chi connectivity index (χ3v) is 2.86. The molecule has 98 valence electrons. The number of rotatable bonds is 5. The molecular weight excluding hydrogens is 254 g/mol. The van der Waals surface area contributed by atoms with Crippen LogP contribution in [0.3, 0.4) is 0 Å². The van der Waals surface area contributed by atoms with Crippen LogP contribution in [-0.2, 0) is 4.74 Å². The summed E-state index contributed by atoms with van der Waals surface area (Å²) in [5.74, 6) is 1.17. The van der Waals surface area contributed by atoms with Gasteiger partial charge in [0.2, 0.25) is 0 Å². The van der Waals surface area contributed by atoms with Crippen LogP contribution in [0.1, 0.15) is 10.4 Å². The molecule has 0 aromatic heterocycles. The molecule has 1 atom stereocenters. The largest absolute Gasteiger partial charge is 0.492 e. The van der Waals surface area contributed by atoms with Gasteiger partial charge in [-0.3, -0.25) is 4.79 Å². The number of ketones is 1. The molecule has 1 aromatic rings. The van der Waals surface area contributed by atoms with Crippen molar-refractivity contribution in [2.75, 3.05) is 32.2 Å². The van der Waals surface area contributed by atoms with Gasteiger partial charge in [0.25, 0.3) is 0 Å². The molecule has 0 amide bonds. The van der Waals surface area contributed by atoms with Crippen molar-refractivity contribution < 1.29 is 14.3 Å². The van der Waals surface area contributed by atoms with E-state index in [2.05, 4.69) is 5.32 Å². The molecule has 1 aromatic carbocycles. The number of alkyl halides is 1. The molecule has 1 saturated heterocycles. The van der Waals surface area contributed by atoms with Gasteiger partial charge in [-0.1, -0.05) is 0 Å². The van der Waals surface area contributed by atoms with Gasteiger partial charge in [0.1, 0.15) is 18.5 Å². The van der Waals surface area contributed by atoms with Crippen molar-refractivity contribution in [2.24, 2.45) is 0 Å². The fourth-order valence-electron chi connectivity index (χ4n) is 1.79. The van der Waals surface area contributed by atoms with Gasteiger partial charge >= 0.3 is 0 Å². The number of nitrogens with one attached hydrogen (secondary N) is 1. The Balaban J connectivity index is 1.97. The maximum absolute atomic E-state index is 12.1. The van der Waals surface area contributed by atoms with Crippen LogP contribution in [0, 0.1) is 0 Å². The molecule has 0 bridgehead atoms. The van der Waals surface area contributed by atoms with Gasteiger partial charge in [-0.25, -0.2) is 0 Å². The van der Waals surface area contributed by atoms with E-state index < -0.39 is 0 Å². The van der Waals surface area contributed by atoms with E-state index in [4.69, 9.17) is 21.1 Å². The predicted molar refractivity (Wildman–Crippen MR) is 69.6 cm³/mol. The van der Waals surface area contributed by atoms with Gasteiger partial charge in [-0.2, -0.15) is 0 Å². The minimum Gasteiger partial charge on any atom is -0.492 e. The van der Waals surface area contributed by atoms with E-state index in [1.54, 1.807) is 24.3 Å². The number of morpholine rings is 1. The second kappa shape index (κ2) is 6.73. The summed E-state index contributed by atoms with van der Waals surface area (Å²) in [4.78, 5) is 12.1. The van der Waals surface area contributed by atoms with Gasteiger partial charge in [0, 0.05) is 18.7 Å². The number of hydrogen-bond acceptors (Lipinski definition) is 4. The highest BCUT2D eigenvalue weighted by Gasteiger charge is 2.22. The van der Waals surface area contributed by atoms with Crippen molar-refractivity contribution in [2.45, 2.75) is 6.10 Å². The summed E-state index contributed by atoms with van der Waals surface area (Å²) in [6, 6.07) is 7.06. The SMILES string of the molecule is O=C(c1ccc(OCCCl)cc1)C1CNCCO1. The minimum atomic E-state index is -0.381. The summed E-state index contributed by atoms with van der Waals surface area (Å²) in [6.07, 6.45) is -0.381. The van der Waals surface area contributed by atoms with Gasteiger partial charge in [-0.15, -0.1) is 11.6 Å². The number of hydrogen-bond donors (Lipinski definition) is 1. The zero-order valence-electron chi connectivity index (χ0n) is 10.0. The van der Waals surface area contributed by atoms with E-state index in [0.717, 1.165) is 12.3 Å². The van der Waals surface area contributed by atoms with Crippen molar-refractivity contribution in [1.82, 2.24) is 5.32 Å². The summed E-state index contributed by atoms with van der Waals surface area (Å²) in [6.45, 7) is 2.41. The van der Waals surface area contributed by atoms with Crippen molar-refractivity contribution in [3.8, 4) is 5.75 Å². The molecule has 18 heavy (non-hydrogen) atoms. The summed E-state index contributed by atoms with van der Waals surface area (Å²) in [7, 11) is 0. The molecule has 0 spiro atoms. The molecule has 0 aliphatic carbocycles. The van der Waals surface area contributed by atoms with Crippen LogP contribution >= 0.6 is 11.6 Å². The van der Waals surface area contributed by atoms with Crippen LogP contribution < -0.4 is 10.1 Å². The number of benzene rings is 1. The number of Topliss-reactive ketones (excluding diaryl/α,β-unsaturated/α-hetero) is 1. The molecule has 4 nitrogen and oxygen atoms in total. The molecule has 5 heteroatoms. The highest BCUT2D eigenvalue weighted by atomic mass is 35.5. The number of carbonyl (C=O) groups excluding carboxylic acids is 1. The molecule has 1 aliphatic rings. The first-order valence-electron chi connectivity index (χ1n) is 5.96. The minimum absolute atomic E-state index is 0.00564. The van der Waals surface area contributed by atoms with E-state index in [0.29, 0.717) is 31.2 Å². The molecule has 2 rings (SSSR count). The molecule has 0 saturated carbocycles. The van der Waals surface area contributed by atoms with E-state index >= 15 is 0 Å². The van der Waals surface area contributed by atoms with Crippen LogP contribution in [0.25, 0.3) is 0 Å². The van der Waals surface area contributed by atoms with Gasteiger partial charge < -0.3 is 14.8 Å².